The van der Waals surface area contributed by atoms with Crippen molar-refractivity contribution < 1.29 is 0 Å². The first kappa shape index (κ1) is 13.4. The minimum atomic E-state index is 0.478. The lowest BCUT2D eigenvalue weighted by molar-refractivity contribution is 0.363. The van der Waals surface area contributed by atoms with Gasteiger partial charge in [0.2, 0.25) is 0 Å². The Kier molecular flexibility index (Phi) is 3.81. The molecule has 3 rings (SSSR count). The summed E-state index contributed by atoms with van der Waals surface area (Å²) in [6.45, 7) is 5.92. The van der Waals surface area contributed by atoms with E-state index in [2.05, 4.69) is 31.1 Å². The second-order valence-electron chi connectivity index (χ2n) is 6.09. The highest BCUT2D eigenvalue weighted by Crippen LogP contribution is 2.38. The number of aryl methyl sites for hydroxylation is 1. The number of thiazole rings is 1. The molecular weight excluding hydrogens is 254 g/mol. The van der Waals surface area contributed by atoms with Gasteiger partial charge in [-0.05, 0) is 52.0 Å². The molecule has 1 aromatic rings. The van der Waals surface area contributed by atoms with E-state index in [1.54, 1.807) is 0 Å². The summed E-state index contributed by atoms with van der Waals surface area (Å²) in [7, 11) is 2.06. The van der Waals surface area contributed by atoms with Crippen LogP contribution in [-0.4, -0.2) is 24.6 Å². The van der Waals surface area contributed by atoms with E-state index in [1.165, 1.54) is 54.4 Å². The van der Waals surface area contributed by atoms with E-state index in [1.807, 2.05) is 11.3 Å². The Morgan fingerprint density at radius 2 is 2.11 bits per heavy atom. The normalized spacial score (nSPS) is 31.3. The van der Waals surface area contributed by atoms with E-state index in [0.717, 1.165) is 5.92 Å². The molecule has 1 saturated heterocycles. The lowest BCUT2D eigenvalue weighted by Crippen LogP contribution is -2.42. The van der Waals surface area contributed by atoms with Gasteiger partial charge in [-0.3, -0.25) is 0 Å². The highest BCUT2D eigenvalue weighted by Gasteiger charge is 2.30. The topological polar surface area (TPSA) is 28.2 Å². The molecule has 3 atom stereocenters. The summed E-state index contributed by atoms with van der Waals surface area (Å²) in [4.78, 5) is 9.06. The zero-order chi connectivity index (χ0) is 13.4. The van der Waals surface area contributed by atoms with Crippen LogP contribution < -0.4 is 10.2 Å². The molecule has 1 aromatic heterocycles. The van der Waals surface area contributed by atoms with Gasteiger partial charge in [-0.2, -0.15) is 0 Å². The number of hydrogen-bond donors (Lipinski definition) is 1. The third kappa shape index (κ3) is 2.40. The third-order valence-electron chi connectivity index (χ3n) is 4.91. The predicted octanol–water partition coefficient (Wildman–Crippen LogP) is 3.36. The molecule has 0 spiro atoms. The Morgan fingerprint density at radius 1 is 1.26 bits per heavy atom. The molecule has 3 nitrogen and oxygen atoms in total. The van der Waals surface area contributed by atoms with Gasteiger partial charge in [0, 0.05) is 17.5 Å². The lowest BCUT2D eigenvalue weighted by Gasteiger charge is -2.37. The van der Waals surface area contributed by atoms with Crippen molar-refractivity contribution in [1.29, 1.82) is 0 Å². The van der Waals surface area contributed by atoms with Gasteiger partial charge in [-0.25, -0.2) is 4.98 Å². The van der Waals surface area contributed by atoms with Crippen molar-refractivity contribution in [3.63, 3.8) is 0 Å². The second kappa shape index (κ2) is 5.41. The quantitative estimate of drug-likeness (QED) is 0.899. The third-order valence-corrected chi connectivity index (χ3v) is 6.08. The summed E-state index contributed by atoms with van der Waals surface area (Å²) in [6.07, 6.45) is 6.43. The van der Waals surface area contributed by atoms with Crippen molar-refractivity contribution in [3.8, 4) is 0 Å². The average Bonchev–Trinajstić information content (AvgIpc) is 2.85. The van der Waals surface area contributed by atoms with Crippen LogP contribution in [0.4, 0.5) is 5.13 Å². The first-order valence-corrected chi connectivity index (χ1v) is 8.46. The highest BCUT2D eigenvalue weighted by molar-refractivity contribution is 7.15. The Hall–Kier alpha value is -0.610. The minimum Gasteiger partial charge on any atom is -0.345 e. The van der Waals surface area contributed by atoms with Gasteiger partial charge in [0.1, 0.15) is 0 Å². The molecule has 0 aromatic carbocycles. The fraction of sp³-hybridized carbons (Fsp3) is 0.800. The van der Waals surface area contributed by atoms with E-state index >= 15 is 0 Å². The first-order valence-electron chi connectivity index (χ1n) is 7.64. The van der Waals surface area contributed by atoms with Crippen LogP contribution in [0.25, 0.3) is 0 Å². The summed E-state index contributed by atoms with van der Waals surface area (Å²) < 4.78 is 0. The van der Waals surface area contributed by atoms with Crippen molar-refractivity contribution in [2.45, 2.75) is 58.0 Å². The van der Waals surface area contributed by atoms with Gasteiger partial charge >= 0.3 is 0 Å². The van der Waals surface area contributed by atoms with Gasteiger partial charge in [0.15, 0.2) is 5.13 Å². The summed E-state index contributed by atoms with van der Waals surface area (Å²) >= 11 is 1.94. The van der Waals surface area contributed by atoms with Crippen LogP contribution in [0.2, 0.25) is 0 Å². The molecule has 19 heavy (non-hydrogen) atoms. The molecule has 3 unspecified atom stereocenters. The van der Waals surface area contributed by atoms with Crippen molar-refractivity contribution in [2.75, 3.05) is 18.5 Å². The molecule has 106 valence electrons. The fourth-order valence-electron chi connectivity index (χ4n) is 3.41. The van der Waals surface area contributed by atoms with E-state index in [0.29, 0.717) is 12.1 Å². The molecule has 0 bridgehead atoms. The summed E-state index contributed by atoms with van der Waals surface area (Å²) in [5.41, 5.74) is 1.33. The number of nitrogens with one attached hydrogen (secondary N) is 1. The van der Waals surface area contributed by atoms with Crippen LogP contribution in [0.1, 0.15) is 56.1 Å². The van der Waals surface area contributed by atoms with Crippen molar-refractivity contribution in [3.05, 3.63) is 10.6 Å². The van der Waals surface area contributed by atoms with Gasteiger partial charge in [0.05, 0.1) is 11.7 Å². The van der Waals surface area contributed by atoms with Crippen molar-refractivity contribution in [2.24, 2.45) is 5.92 Å². The number of hydrogen-bond acceptors (Lipinski definition) is 4. The first-order chi connectivity index (χ1) is 9.20. The number of fused-ring (bicyclic) bond motifs is 1. The molecule has 1 fully saturated rings. The number of anilines is 1. The molecule has 4 heteroatoms. The number of rotatable bonds is 2. The SMILES string of the molecule is CNC1CCCc2sc(N3CCCC(C)C3C)nc21. The average molecular weight is 279 g/mol. The minimum absolute atomic E-state index is 0.478. The highest BCUT2D eigenvalue weighted by atomic mass is 32.1. The van der Waals surface area contributed by atoms with Crippen LogP contribution in [0.15, 0.2) is 0 Å². The summed E-state index contributed by atoms with van der Waals surface area (Å²) in [5, 5.41) is 4.69. The number of nitrogens with zero attached hydrogens (tertiary/aromatic N) is 2. The fourth-order valence-corrected chi connectivity index (χ4v) is 4.69. The lowest BCUT2D eigenvalue weighted by atomic mass is 9.92. The van der Waals surface area contributed by atoms with Crippen LogP contribution in [-0.2, 0) is 6.42 Å². The van der Waals surface area contributed by atoms with E-state index in [4.69, 9.17) is 4.98 Å². The van der Waals surface area contributed by atoms with Crippen molar-refractivity contribution >= 4 is 16.5 Å². The van der Waals surface area contributed by atoms with Gasteiger partial charge in [0.25, 0.3) is 0 Å². The number of aromatic nitrogens is 1. The maximum Gasteiger partial charge on any atom is 0.186 e. The smallest absolute Gasteiger partial charge is 0.186 e. The second-order valence-corrected chi connectivity index (χ2v) is 7.15. The zero-order valence-corrected chi connectivity index (χ0v) is 13.1. The molecule has 1 aliphatic carbocycles. The van der Waals surface area contributed by atoms with E-state index in [9.17, 15) is 0 Å². The maximum atomic E-state index is 4.99. The Morgan fingerprint density at radius 3 is 2.89 bits per heavy atom. The molecule has 0 radical (unpaired) electrons. The summed E-state index contributed by atoms with van der Waals surface area (Å²) in [6, 6.07) is 1.11. The maximum absolute atomic E-state index is 4.99. The zero-order valence-electron chi connectivity index (χ0n) is 12.3. The molecule has 2 heterocycles. The van der Waals surface area contributed by atoms with Gasteiger partial charge in [-0.1, -0.05) is 6.92 Å². The standard InChI is InChI=1S/C15H25N3S/c1-10-6-5-9-18(11(10)2)15-17-14-12(16-3)7-4-8-13(14)19-15/h10-12,16H,4-9H2,1-3H3. The number of piperidine rings is 1. The molecule has 1 aliphatic heterocycles. The largest absolute Gasteiger partial charge is 0.345 e. The van der Waals surface area contributed by atoms with Gasteiger partial charge in [-0.15, -0.1) is 11.3 Å². The summed E-state index contributed by atoms with van der Waals surface area (Å²) in [5.74, 6) is 0.787. The molecule has 1 N–H and O–H groups in total. The van der Waals surface area contributed by atoms with E-state index < -0.39 is 0 Å². The van der Waals surface area contributed by atoms with E-state index in [-0.39, 0.29) is 0 Å². The van der Waals surface area contributed by atoms with Crippen LogP contribution in [0.3, 0.4) is 0 Å². The molecule has 0 saturated carbocycles. The van der Waals surface area contributed by atoms with Crippen LogP contribution >= 0.6 is 11.3 Å². The Labute approximate surface area is 120 Å². The Balaban J connectivity index is 1.87. The van der Waals surface area contributed by atoms with Gasteiger partial charge < -0.3 is 10.2 Å². The predicted molar refractivity (Wildman–Crippen MR) is 82.1 cm³/mol. The monoisotopic (exact) mass is 279 g/mol. The van der Waals surface area contributed by atoms with Crippen LogP contribution in [0.5, 0.6) is 0 Å². The molecule has 0 amide bonds. The Bertz CT molecular complexity index is 443. The molecule has 2 aliphatic rings. The van der Waals surface area contributed by atoms with Crippen LogP contribution in [0, 0.1) is 5.92 Å². The van der Waals surface area contributed by atoms with Crippen molar-refractivity contribution in [1.82, 2.24) is 10.3 Å². The molecular formula is C15H25N3S.